The molecule has 3 rings (SSSR count). The van der Waals surface area contributed by atoms with Gasteiger partial charge in [0.15, 0.2) is 5.96 Å². The minimum Gasteiger partial charge on any atom is -0.383 e. The third-order valence-corrected chi connectivity index (χ3v) is 5.14. The van der Waals surface area contributed by atoms with E-state index in [9.17, 15) is 10.1 Å². The molecule has 0 atom stereocenters. The zero-order chi connectivity index (χ0) is 21.2. The van der Waals surface area contributed by atoms with Crippen LogP contribution in [0.1, 0.15) is 24.0 Å². The van der Waals surface area contributed by atoms with E-state index in [2.05, 4.69) is 50.1 Å². The highest BCUT2D eigenvalue weighted by Crippen LogP contribution is 2.15. The van der Waals surface area contributed by atoms with Crippen molar-refractivity contribution in [3.63, 3.8) is 0 Å². The van der Waals surface area contributed by atoms with Crippen molar-refractivity contribution in [3.05, 3.63) is 69.8 Å². The summed E-state index contributed by atoms with van der Waals surface area (Å²) >= 11 is 0. The van der Waals surface area contributed by atoms with E-state index in [1.165, 1.54) is 49.2 Å². The molecule has 1 saturated heterocycles. The number of rotatable bonds is 9. The molecule has 8 heteroatoms. The van der Waals surface area contributed by atoms with Gasteiger partial charge in [-0.05, 0) is 49.2 Å². The molecule has 3 N–H and O–H groups in total. The molecule has 8 nitrogen and oxygen atoms in total. The molecule has 2 aromatic carbocycles. The number of guanidine groups is 1. The Kier molecular flexibility index (Phi) is 8.02. The molecule has 1 aliphatic rings. The van der Waals surface area contributed by atoms with Crippen molar-refractivity contribution >= 4 is 17.3 Å². The van der Waals surface area contributed by atoms with E-state index in [0.29, 0.717) is 19.6 Å². The number of hydrogen-bond donors (Lipinski definition) is 3. The number of hydrogen-bond acceptors (Lipinski definition) is 5. The lowest BCUT2D eigenvalue weighted by molar-refractivity contribution is -0.384. The lowest BCUT2D eigenvalue weighted by atomic mass is 10.1. The summed E-state index contributed by atoms with van der Waals surface area (Å²) in [7, 11) is 1.75. The molecule has 1 heterocycles. The van der Waals surface area contributed by atoms with Crippen LogP contribution in [0.3, 0.4) is 0 Å². The normalized spacial score (nSPS) is 14.5. The van der Waals surface area contributed by atoms with Gasteiger partial charge < -0.3 is 16.0 Å². The highest BCUT2D eigenvalue weighted by Gasteiger charge is 2.11. The van der Waals surface area contributed by atoms with Crippen LogP contribution in [-0.4, -0.2) is 49.0 Å². The van der Waals surface area contributed by atoms with Crippen LogP contribution in [-0.2, 0) is 13.1 Å². The van der Waals surface area contributed by atoms with Crippen LogP contribution in [0.25, 0.3) is 0 Å². The first-order valence-electron chi connectivity index (χ1n) is 10.4. The number of nitro groups is 1. The van der Waals surface area contributed by atoms with Gasteiger partial charge in [0.05, 0.1) is 4.92 Å². The van der Waals surface area contributed by atoms with Crippen LogP contribution >= 0.6 is 0 Å². The molecule has 0 radical (unpaired) electrons. The molecule has 0 unspecified atom stereocenters. The van der Waals surface area contributed by atoms with Gasteiger partial charge in [-0.2, -0.15) is 0 Å². The van der Waals surface area contributed by atoms with Crippen molar-refractivity contribution in [2.24, 2.45) is 4.99 Å². The van der Waals surface area contributed by atoms with Crippen molar-refractivity contribution in [2.75, 3.05) is 38.5 Å². The number of non-ortho nitro benzene ring substituents is 1. The molecule has 2 aromatic rings. The molecule has 0 amide bonds. The molecular formula is C22H30N6O2. The van der Waals surface area contributed by atoms with E-state index < -0.39 is 4.92 Å². The fraction of sp³-hybridized carbons (Fsp3) is 0.409. The number of aliphatic imine (C=N–C) groups is 1. The second kappa shape index (κ2) is 11.2. The van der Waals surface area contributed by atoms with Crippen molar-refractivity contribution < 1.29 is 4.92 Å². The molecule has 0 aromatic heterocycles. The predicted octanol–water partition coefficient (Wildman–Crippen LogP) is 2.97. The van der Waals surface area contributed by atoms with Gasteiger partial charge in [-0.1, -0.05) is 24.3 Å². The van der Waals surface area contributed by atoms with Gasteiger partial charge in [-0.25, -0.2) is 0 Å². The van der Waals surface area contributed by atoms with Crippen LogP contribution in [0.5, 0.6) is 0 Å². The van der Waals surface area contributed by atoms with Gasteiger partial charge in [-0.3, -0.25) is 20.0 Å². The van der Waals surface area contributed by atoms with Crippen molar-refractivity contribution in [1.29, 1.82) is 0 Å². The monoisotopic (exact) mass is 410 g/mol. The van der Waals surface area contributed by atoms with Crippen LogP contribution < -0.4 is 16.0 Å². The Morgan fingerprint density at radius 1 is 1.00 bits per heavy atom. The van der Waals surface area contributed by atoms with E-state index in [4.69, 9.17) is 0 Å². The van der Waals surface area contributed by atoms with E-state index in [1.807, 2.05) is 0 Å². The zero-order valence-electron chi connectivity index (χ0n) is 17.4. The number of benzene rings is 2. The average Bonchev–Trinajstić information content (AvgIpc) is 3.27. The maximum atomic E-state index is 10.7. The van der Waals surface area contributed by atoms with Crippen molar-refractivity contribution in [1.82, 2.24) is 15.5 Å². The first-order chi connectivity index (χ1) is 14.6. The summed E-state index contributed by atoms with van der Waals surface area (Å²) in [6.07, 6.45) is 2.63. The Morgan fingerprint density at radius 2 is 1.67 bits per heavy atom. The predicted molar refractivity (Wildman–Crippen MR) is 121 cm³/mol. The Hall–Kier alpha value is -3.13. The lowest BCUT2D eigenvalue weighted by Gasteiger charge is -2.15. The quantitative estimate of drug-likeness (QED) is 0.193. The third kappa shape index (κ3) is 6.73. The van der Waals surface area contributed by atoms with E-state index >= 15 is 0 Å². The van der Waals surface area contributed by atoms with Gasteiger partial charge in [0, 0.05) is 51.0 Å². The summed E-state index contributed by atoms with van der Waals surface area (Å²) in [6, 6.07) is 15.2. The summed E-state index contributed by atoms with van der Waals surface area (Å²) < 4.78 is 0. The number of nitrogens with zero attached hydrogens (tertiary/aromatic N) is 3. The third-order valence-electron chi connectivity index (χ3n) is 5.14. The summed E-state index contributed by atoms with van der Waals surface area (Å²) in [6.45, 7) is 5.52. The van der Waals surface area contributed by atoms with E-state index in [1.54, 1.807) is 19.2 Å². The minimum absolute atomic E-state index is 0.0901. The Labute approximate surface area is 177 Å². The van der Waals surface area contributed by atoms with Gasteiger partial charge in [0.2, 0.25) is 0 Å². The second-order valence-corrected chi connectivity index (χ2v) is 7.38. The molecule has 0 spiro atoms. The number of nitrogens with one attached hydrogen (secondary N) is 3. The van der Waals surface area contributed by atoms with Gasteiger partial charge in [0.25, 0.3) is 5.69 Å². The van der Waals surface area contributed by atoms with Crippen LogP contribution in [0.4, 0.5) is 11.4 Å². The van der Waals surface area contributed by atoms with E-state index in [-0.39, 0.29) is 5.69 Å². The summed E-state index contributed by atoms with van der Waals surface area (Å²) in [5.74, 6) is 0.738. The largest absolute Gasteiger partial charge is 0.383 e. The molecule has 0 bridgehead atoms. The molecule has 160 valence electrons. The molecule has 0 saturated carbocycles. The van der Waals surface area contributed by atoms with Gasteiger partial charge >= 0.3 is 0 Å². The Bertz CT molecular complexity index is 830. The number of likely N-dealkylation sites (tertiary alicyclic amines) is 1. The Morgan fingerprint density at radius 3 is 2.30 bits per heavy atom. The molecule has 0 aliphatic carbocycles. The maximum Gasteiger partial charge on any atom is 0.269 e. The van der Waals surface area contributed by atoms with Gasteiger partial charge in [0.1, 0.15) is 0 Å². The smallest absolute Gasteiger partial charge is 0.269 e. The average molecular weight is 411 g/mol. The zero-order valence-corrected chi connectivity index (χ0v) is 17.4. The fourth-order valence-electron chi connectivity index (χ4n) is 3.46. The van der Waals surface area contributed by atoms with Crippen molar-refractivity contribution in [3.8, 4) is 0 Å². The Balaban J connectivity index is 1.35. The number of anilines is 1. The first-order valence-corrected chi connectivity index (χ1v) is 10.4. The standard InChI is InChI=1S/C22H30N6O2/c1-23-22(25-13-12-24-20-8-10-21(11-9-20)28(29)30)26-16-18-4-6-19(7-5-18)17-27-14-2-3-15-27/h4-11,24H,2-3,12-17H2,1H3,(H2,23,25,26). The minimum atomic E-state index is -0.401. The highest BCUT2D eigenvalue weighted by atomic mass is 16.6. The van der Waals surface area contributed by atoms with Gasteiger partial charge in [-0.15, -0.1) is 0 Å². The lowest BCUT2D eigenvalue weighted by Crippen LogP contribution is -2.39. The molecule has 1 aliphatic heterocycles. The van der Waals surface area contributed by atoms with Crippen LogP contribution in [0.2, 0.25) is 0 Å². The number of nitro benzene ring substituents is 1. The maximum absolute atomic E-state index is 10.7. The van der Waals surface area contributed by atoms with E-state index in [0.717, 1.165) is 18.2 Å². The summed E-state index contributed by atoms with van der Waals surface area (Å²) in [5.41, 5.74) is 3.51. The summed E-state index contributed by atoms with van der Waals surface area (Å²) in [4.78, 5) is 17.0. The molecular weight excluding hydrogens is 380 g/mol. The first kappa shape index (κ1) is 21.6. The van der Waals surface area contributed by atoms with Crippen LogP contribution in [0.15, 0.2) is 53.5 Å². The highest BCUT2D eigenvalue weighted by molar-refractivity contribution is 5.79. The van der Waals surface area contributed by atoms with Crippen molar-refractivity contribution in [2.45, 2.75) is 25.9 Å². The fourth-order valence-corrected chi connectivity index (χ4v) is 3.46. The SMILES string of the molecule is CN=C(NCCNc1ccc([N+](=O)[O-])cc1)NCc1ccc(CN2CCCC2)cc1. The molecule has 30 heavy (non-hydrogen) atoms. The van der Waals surface area contributed by atoms with Crippen LogP contribution in [0, 0.1) is 10.1 Å². The topological polar surface area (TPSA) is 94.8 Å². The molecule has 1 fully saturated rings. The summed E-state index contributed by atoms with van der Waals surface area (Å²) in [5, 5.41) is 20.5. The second-order valence-electron chi connectivity index (χ2n) is 7.38.